The van der Waals surface area contributed by atoms with Gasteiger partial charge in [0, 0.05) is 31.0 Å². The number of hydrogen-bond donors (Lipinski definition) is 1. The van der Waals surface area contributed by atoms with Crippen LogP contribution in [0.2, 0.25) is 0 Å². The van der Waals surface area contributed by atoms with E-state index in [1.807, 2.05) is 4.68 Å². The lowest BCUT2D eigenvalue weighted by molar-refractivity contribution is 0.0878. The van der Waals surface area contributed by atoms with Gasteiger partial charge >= 0.3 is 0 Å². The van der Waals surface area contributed by atoms with Crippen molar-refractivity contribution in [2.24, 2.45) is 11.3 Å². The second kappa shape index (κ2) is 4.80. The van der Waals surface area contributed by atoms with Crippen LogP contribution in [-0.2, 0) is 16.3 Å². The lowest BCUT2D eigenvalue weighted by Gasteiger charge is -2.47. The van der Waals surface area contributed by atoms with Crippen LogP contribution >= 0.6 is 0 Å². The van der Waals surface area contributed by atoms with Crippen LogP contribution in [0.4, 0.5) is 0 Å². The second-order valence-corrected chi connectivity index (χ2v) is 8.69. The molecule has 7 heteroatoms. The van der Waals surface area contributed by atoms with Crippen molar-refractivity contribution in [1.29, 1.82) is 0 Å². The van der Waals surface area contributed by atoms with Crippen LogP contribution < -0.4 is 5.32 Å². The Balaban J connectivity index is 1.82. The maximum absolute atomic E-state index is 11.8. The summed E-state index contributed by atoms with van der Waals surface area (Å²) in [5.41, 5.74) is 0.0449. The topological polar surface area (TPSA) is 76.9 Å². The number of nitrogens with zero attached hydrogens (tertiary/aromatic N) is 3. The molecular weight excluding hydrogens is 276 g/mol. The molecule has 1 atom stereocenters. The lowest BCUT2D eigenvalue weighted by Crippen LogP contribution is -2.59. The van der Waals surface area contributed by atoms with Crippen molar-refractivity contribution in [2.45, 2.75) is 32.7 Å². The fourth-order valence-electron chi connectivity index (χ4n) is 3.43. The van der Waals surface area contributed by atoms with Gasteiger partial charge in [0.15, 0.2) is 9.84 Å². The molecule has 0 spiro atoms. The van der Waals surface area contributed by atoms with E-state index in [-0.39, 0.29) is 17.4 Å². The van der Waals surface area contributed by atoms with Crippen LogP contribution in [0, 0.1) is 11.3 Å². The van der Waals surface area contributed by atoms with E-state index in [1.165, 1.54) is 0 Å². The van der Waals surface area contributed by atoms with Gasteiger partial charge in [0.2, 0.25) is 0 Å². The Kier molecular flexibility index (Phi) is 3.36. The van der Waals surface area contributed by atoms with E-state index in [4.69, 9.17) is 0 Å². The van der Waals surface area contributed by atoms with Gasteiger partial charge in [-0.2, -0.15) is 5.10 Å². The van der Waals surface area contributed by atoms with E-state index in [0.717, 1.165) is 31.8 Å². The Morgan fingerprint density at radius 2 is 2.25 bits per heavy atom. The number of nitrogens with one attached hydrogen (secondary N) is 1. The summed E-state index contributed by atoms with van der Waals surface area (Å²) >= 11 is 0. The van der Waals surface area contributed by atoms with Crippen LogP contribution in [0.3, 0.4) is 0 Å². The smallest absolute Gasteiger partial charge is 0.150 e. The first-order valence-corrected chi connectivity index (χ1v) is 9.04. The molecule has 0 amide bonds. The maximum Gasteiger partial charge on any atom is 0.150 e. The summed E-state index contributed by atoms with van der Waals surface area (Å²) in [6, 6.07) is 0.282. The van der Waals surface area contributed by atoms with E-state index in [1.54, 1.807) is 6.33 Å². The van der Waals surface area contributed by atoms with Crippen LogP contribution in [0.25, 0.3) is 0 Å². The average molecular weight is 298 g/mol. The Bertz CT molecular complexity index is 589. The van der Waals surface area contributed by atoms with Crippen LogP contribution in [0.15, 0.2) is 6.33 Å². The highest BCUT2D eigenvalue weighted by Crippen LogP contribution is 2.41. The van der Waals surface area contributed by atoms with Gasteiger partial charge in [-0.3, -0.25) is 0 Å². The summed E-state index contributed by atoms with van der Waals surface area (Å²) in [6.07, 6.45) is 3.21. The molecule has 112 valence electrons. The van der Waals surface area contributed by atoms with Crippen molar-refractivity contribution in [3.8, 4) is 0 Å². The predicted molar refractivity (Wildman–Crippen MR) is 76.2 cm³/mol. The van der Waals surface area contributed by atoms with Crippen LogP contribution in [-0.4, -0.2) is 47.8 Å². The van der Waals surface area contributed by atoms with E-state index >= 15 is 0 Å². The molecule has 0 aliphatic carbocycles. The minimum atomic E-state index is -2.83. The van der Waals surface area contributed by atoms with E-state index in [0.29, 0.717) is 11.5 Å². The first-order chi connectivity index (χ1) is 9.42. The van der Waals surface area contributed by atoms with Gasteiger partial charge in [-0.1, -0.05) is 0 Å². The highest BCUT2D eigenvalue weighted by Gasteiger charge is 2.49. The molecular formula is C13H22N4O2S. The molecule has 2 aliphatic heterocycles. The number of sulfone groups is 1. The molecule has 6 nitrogen and oxygen atoms in total. The molecule has 3 rings (SSSR count). The average Bonchev–Trinajstić information content (AvgIpc) is 2.90. The van der Waals surface area contributed by atoms with Gasteiger partial charge in [-0.25, -0.2) is 18.1 Å². The maximum atomic E-state index is 11.8. The standard InChI is InChI=1S/C13H22N4O2S/c1-10(2)17-12(15-9-16-17)5-13(7-14-8-13)11-3-4-20(18,19)6-11/h9-11,14H,3-8H2,1-2H3. The van der Waals surface area contributed by atoms with E-state index in [2.05, 4.69) is 29.2 Å². The molecule has 0 aromatic carbocycles. The normalized spacial score (nSPS) is 27.6. The Hall–Kier alpha value is -0.950. The third-order valence-electron chi connectivity index (χ3n) is 4.70. The summed E-state index contributed by atoms with van der Waals surface area (Å²) in [4.78, 5) is 4.39. The van der Waals surface area contributed by atoms with Gasteiger partial charge in [0.05, 0.1) is 11.5 Å². The Morgan fingerprint density at radius 1 is 1.50 bits per heavy atom. The number of hydrogen-bond acceptors (Lipinski definition) is 5. The fourth-order valence-corrected chi connectivity index (χ4v) is 5.37. The Labute approximate surface area is 119 Å². The molecule has 2 saturated heterocycles. The van der Waals surface area contributed by atoms with Gasteiger partial charge in [0.1, 0.15) is 12.2 Å². The van der Waals surface area contributed by atoms with E-state index < -0.39 is 9.84 Å². The van der Waals surface area contributed by atoms with Crippen LogP contribution in [0.5, 0.6) is 0 Å². The van der Waals surface area contributed by atoms with Gasteiger partial charge in [0.25, 0.3) is 0 Å². The molecule has 1 N–H and O–H groups in total. The van der Waals surface area contributed by atoms with Crippen molar-refractivity contribution in [2.75, 3.05) is 24.6 Å². The third kappa shape index (κ3) is 2.37. The molecule has 0 radical (unpaired) electrons. The van der Waals surface area contributed by atoms with Gasteiger partial charge in [-0.05, 0) is 26.2 Å². The summed E-state index contributed by atoms with van der Waals surface area (Å²) in [5, 5.41) is 7.60. The van der Waals surface area contributed by atoms with Crippen molar-refractivity contribution < 1.29 is 8.42 Å². The van der Waals surface area contributed by atoms with Gasteiger partial charge < -0.3 is 5.32 Å². The molecule has 1 aromatic heterocycles. The molecule has 20 heavy (non-hydrogen) atoms. The van der Waals surface area contributed by atoms with Crippen molar-refractivity contribution in [3.63, 3.8) is 0 Å². The van der Waals surface area contributed by atoms with Crippen molar-refractivity contribution in [3.05, 3.63) is 12.2 Å². The molecule has 1 unspecified atom stereocenters. The molecule has 3 heterocycles. The number of rotatable bonds is 4. The SMILES string of the molecule is CC(C)n1ncnc1CC1(C2CCS(=O)(=O)C2)CNC1. The highest BCUT2D eigenvalue weighted by atomic mass is 32.2. The summed E-state index contributed by atoms with van der Waals surface area (Å²) in [7, 11) is -2.83. The lowest BCUT2D eigenvalue weighted by atomic mass is 9.68. The summed E-state index contributed by atoms with van der Waals surface area (Å²) in [6.45, 7) is 5.95. The zero-order valence-corrected chi connectivity index (χ0v) is 12.9. The second-order valence-electron chi connectivity index (χ2n) is 6.46. The summed E-state index contributed by atoms with van der Waals surface area (Å²) < 4.78 is 25.5. The molecule has 2 fully saturated rings. The third-order valence-corrected chi connectivity index (χ3v) is 6.47. The monoisotopic (exact) mass is 298 g/mol. The van der Waals surface area contributed by atoms with Gasteiger partial charge in [-0.15, -0.1) is 0 Å². The largest absolute Gasteiger partial charge is 0.315 e. The molecule has 2 aliphatic rings. The Morgan fingerprint density at radius 3 is 2.75 bits per heavy atom. The molecule has 0 bridgehead atoms. The quantitative estimate of drug-likeness (QED) is 0.872. The zero-order chi connectivity index (χ0) is 14.4. The molecule has 1 aromatic rings. The first kappa shape index (κ1) is 14.0. The minimum Gasteiger partial charge on any atom is -0.315 e. The zero-order valence-electron chi connectivity index (χ0n) is 12.0. The predicted octanol–water partition coefficient (Wildman–Crippen LogP) is 0.426. The minimum absolute atomic E-state index is 0.0449. The highest BCUT2D eigenvalue weighted by molar-refractivity contribution is 7.91. The summed E-state index contributed by atoms with van der Waals surface area (Å²) in [5.74, 6) is 1.91. The fraction of sp³-hybridized carbons (Fsp3) is 0.846. The first-order valence-electron chi connectivity index (χ1n) is 7.21. The molecule has 0 saturated carbocycles. The van der Waals surface area contributed by atoms with E-state index in [9.17, 15) is 8.42 Å². The van der Waals surface area contributed by atoms with Crippen molar-refractivity contribution in [1.82, 2.24) is 20.1 Å². The van der Waals surface area contributed by atoms with Crippen LogP contribution in [0.1, 0.15) is 32.1 Å². The van der Waals surface area contributed by atoms with Crippen molar-refractivity contribution >= 4 is 9.84 Å². The number of aromatic nitrogens is 3.